The van der Waals surface area contributed by atoms with Crippen LogP contribution in [-0.2, 0) is 13.6 Å². The number of nitrogens with zero attached hydrogens (tertiary/aromatic N) is 6. The first-order valence-corrected chi connectivity index (χ1v) is 9.92. The van der Waals surface area contributed by atoms with E-state index in [2.05, 4.69) is 35.8 Å². The molecule has 1 saturated heterocycles. The smallest absolute Gasteiger partial charge is 0.406 e. The molecule has 32 heavy (non-hydrogen) atoms. The molecule has 1 aliphatic rings. The lowest BCUT2D eigenvalue weighted by Crippen LogP contribution is -2.46. The van der Waals surface area contributed by atoms with Crippen LogP contribution >= 0.6 is 12.4 Å². The molecular weight excluding hydrogens is 445 g/mol. The van der Waals surface area contributed by atoms with Gasteiger partial charge >= 0.3 is 6.36 Å². The molecule has 0 radical (unpaired) electrons. The molecule has 0 spiro atoms. The molecule has 0 atom stereocenters. The molecule has 0 amide bonds. The second kappa shape index (κ2) is 9.74. The summed E-state index contributed by atoms with van der Waals surface area (Å²) in [6.07, 6.45) is 0.549. The number of piperazine rings is 1. The van der Waals surface area contributed by atoms with E-state index in [0.29, 0.717) is 11.3 Å². The summed E-state index contributed by atoms with van der Waals surface area (Å²) in [6.45, 7) is 6.15. The molecule has 0 aliphatic carbocycles. The number of hydrogen-bond acceptors (Lipinski definition) is 6. The Bertz CT molecular complexity index is 1030. The summed E-state index contributed by atoms with van der Waals surface area (Å²) in [7, 11) is 1.92. The molecule has 172 valence electrons. The van der Waals surface area contributed by atoms with E-state index in [1.54, 1.807) is 24.5 Å². The minimum Gasteiger partial charge on any atom is -0.406 e. The van der Waals surface area contributed by atoms with Gasteiger partial charge in [-0.15, -0.1) is 25.6 Å². The number of ether oxygens (including phenoxy) is 1. The standard InChI is InChI=1S/C21H23F3N6O.ClH/c1-15-17(13-28(2)27-15)14-29-9-11-30(12-10-29)20-19(25-7-8-26-20)16-3-5-18(6-4-16)31-21(22,23)24;/h3-8,13H,9-12,14H2,1-2H3;1H. The first-order chi connectivity index (χ1) is 14.8. The number of aryl methyl sites for hydroxylation is 2. The molecule has 2 aromatic heterocycles. The summed E-state index contributed by atoms with van der Waals surface area (Å²) in [5, 5.41) is 4.40. The third-order valence-electron chi connectivity index (χ3n) is 5.22. The maximum Gasteiger partial charge on any atom is 0.573 e. The molecule has 0 unspecified atom stereocenters. The highest BCUT2D eigenvalue weighted by molar-refractivity contribution is 5.85. The lowest BCUT2D eigenvalue weighted by Gasteiger charge is -2.35. The Hall–Kier alpha value is -2.85. The number of benzene rings is 1. The van der Waals surface area contributed by atoms with E-state index in [1.807, 2.05) is 18.7 Å². The third-order valence-corrected chi connectivity index (χ3v) is 5.22. The fraction of sp³-hybridized carbons (Fsp3) is 0.381. The van der Waals surface area contributed by atoms with Crippen molar-refractivity contribution in [2.45, 2.75) is 19.8 Å². The van der Waals surface area contributed by atoms with Crippen LogP contribution < -0.4 is 9.64 Å². The molecule has 0 saturated carbocycles. The predicted octanol–water partition coefficient (Wildman–Crippen LogP) is 3.83. The van der Waals surface area contributed by atoms with Gasteiger partial charge in [0, 0.05) is 69.5 Å². The fourth-order valence-electron chi connectivity index (χ4n) is 3.74. The van der Waals surface area contributed by atoms with Gasteiger partial charge in [-0.25, -0.2) is 4.98 Å². The van der Waals surface area contributed by atoms with Crippen molar-refractivity contribution in [1.29, 1.82) is 0 Å². The zero-order valence-corrected chi connectivity index (χ0v) is 18.5. The fourth-order valence-corrected chi connectivity index (χ4v) is 3.74. The van der Waals surface area contributed by atoms with Crippen molar-refractivity contribution in [3.05, 3.63) is 54.1 Å². The van der Waals surface area contributed by atoms with Crippen molar-refractivity contribution in [3.8, 4) is 17.0 Å². The topological polar surface area (TPSA) is 59.3 Å². The zero-order chi connectivity index (χ0) is 22.0. The summed E-state index contributed by atoms with van der Waals surface area (Å²) < 4.78 is 43.0. The van der Waals surface area contributed by atoms with Crippen LogP contribution in [0.5, 0.6) is 5.75 Å². The van der Waals surface area contributed by atoms with Crippen LogP contribution in [-0.4, -0.2) is 57.2 Å². The second-order valence-electron chi connectivity index (χ2n) is 7.48. The SMILES string of the molecule is Cc1nn(C)cc1CN1CCN(c2nccnc2-c2ccc(OC(F)(F)F)cc2)CC1.Cl. The highest BCUT2D eigenvalue weighted by Gasteiger charge is 2.31. The van der Waals surface area contributed by atoms with Crippen molar-refractivity contribution >= 4 is 18.2 Å². The van der Waals surface area contributed by atoms with E-state index in [1.165, 1.54) is 17.7 Å². The lowest BCUT2D eigenvalue weighted by atomic mass is 10.1. The Morgan fingerprint density at radius 1 is 1.00 bits per heavy atom. The molecular formula is C21H24ClF3N6O. The van der Waals surface area contributed by atoms with E-state index in [9.17, 15) is 13.2 Å². The third kappa shape index (κ3) is 5.68. The Kier molecular flexibility index (Phi) is 7.25. The van der Waals surface area contributed by atoms with Crippen molar-refractivity contribution in [2.75, 3.05) is 31.1 Å². The van der Waals surface area contributed by atoms with Gasteiger partial charge in [0.2, 0.25) is 0 Å². The van der Waals surface area contributed by atoms with Gasteiger partial charge in [0.1, 0.15) is 11.4 Å². The molecule has 4 rings (SSSR count). The lowest BCUT2D eigenvalue weighted by molar-refractivity contribution is -0.274. The van der Waals surface area contributed by atoms with Crippen LogP contribution in [0.25, 0.3) is 11.3 Å². The monoisotopic (exact) mass is 468 g/mol. The van der Waals surface area contributed by atoms with Crippen LogP contribution in [0.15, 0.2) is 42.9 Å². The number of aromatic nitrogens is 4. The number of anilines is 1. The largest absolute Gasteiger partial charge is 0.573 e. The summed E-state index contributed by atoms with van der Waals surface area (Å²) in [5.74, 6) is 0.463. The van der Waals surface area contributed by atoms with Crippen LogP contribution in [0.4, 0.5) is 19.0 Å². The molecule has 0 N–H and O–H groups in total. The van der Waals surface area contributed by atoms with Crippen molar-refractivity contribution in [1.82, 2.24) is 24.6 Å². The van der Waals surface area contributed by atoms with Gasteiger partial charge in [0.15, 0.2) is 5.82 Å². The molecule has 3 aromatic rings. The molecule has 1 aliphatic heterocycles. The van der Waals surface area contributed by atoms with Crippen LogP contribution in [0.1, 0.15) is 11.3 Å². The Balaban J connectivity index is 0.00000289. The zero-order valence-electron chi connectivity index (χ0n) is 17.7. The molecule has 0 bridgehead atoms. The van der Waals surface area contributed by atoms with E-state index in [4.69, 9.17) is 0 Å². The number of alkyl halides is 3. The number of hydrogen-bond donors (Lipinski definition) is 0. The molecule has 3 heterocycles. The highest BCUT2D eigenvalue weighted by atomic mass is 35.5. The van der Waals surface area contributed by atoms with Gasteiger partial charge < -0.3 is 9.64 Å². The predicted molar refractivity (Wildman–Crippen MR) is 117 cm³/mol. The van der Waals surface area contributed by atoms with E-state index >= 15 is 0 Å². The summed E-state index contributed by atoms with van der Waals surface area (Å²) >= 11 is 0. The van der Waals surface area contributed by atoms with Crippen LogP contribution in [0, 0.1) is 6.92 Å². The van der Waals surface area contributed by atoms with Gasteiger partial charge in [-0.3, -0.25) is 14.6 Å². The Morgan fingerprint density at radius 2 is 1.66 bits per heavy atom. The summed E-state index contributed by atoms with van der Waals surface area (Å²) in [5.41, 5.74) is 3.58. The Labute approximate surface area is 190 Å². The van der Waals surface area contributed by atoms with Crippen molar-refractivity contribution in [3.63, 3.8) is 0 Å². The minimum absolute atomic E-state index is 0. The van der Waals surface area contributed by atoms with Crippen LogP contribution in [0.2, 0.25) is 0 Å². The quantitative estimate of drug-likeness (QED) is 0.567. The maximum absolute atomic E-state index is 12.4. The van der Waals surface area contributed by atoms with Crippen molar-refractivity contribution in [2.24, 2.45) is 7.05 Å². The summed E-state index contributed by atoms with van der Waals surface area (Å²) in [4.78, 5) is 13.5. The van der Waals surface area contributed by atoms with Gasteiger partial charge in [0.25, 0.3) is 0 Å². The van der Waals surface area contributed by atoms with Crippen molar-refractivity contribution < 1.29 is 17.9 Å². The van der Waals surface area contributed by atoms with E-state index < -0.39 is 6.36 Å². The molecule has 1 aromatic carbocycles. The first kappa shape index (κ1) is 23.8. The minimum atomic E-state index is -4.72. The Morgan fingerprint density at radius 3 is 2.25 bits per heavy atom. The second-order valence-corrected chi connectivity index (χ2v) is 7.48. The average Bonchev–Trinajstić information content (AvgIpc) is 3.05. The van der Waals surface area contributed by atoms with Gasteiger partial charge in [0.05, 0.1) is 5.69 Å². The van der Waals surface area contributed by atoms with E-state index in [0.717, 1.165) is 44.2 Å². The number of rotatable bonds is 5. The van der Waals surface area contributed by atoms with Gasteiger partial charge in [-0.2, -0.15) is 5.10 Å². The normalized spacial score (nSPS) is 14.8. The van der Waals surface area contributed by atoms with Crippen LogP contribution in [0.3, 0.4) is 0 Å². The summed E-state index contributed by atoms with van der Waals surface area (Å²) in [6, 6.07) is 5.71. The molecule has 1 fully saturated rings. The maximum atomic E-state index is 12.4. The van der Waals surface area contributed by atoms with E-state index in [-0.39, 0.29) is 18.2 Å². The molecule has 7 nitrogen and oxygen atoms in total. The van der Waals surface area contributed by atoms with Gasteiger partial charge in [-0.05, 0) is 31.2 Å². The number of halogens is 4. The highest BCUT2D eigenvalue weighted by Crippen LogP contribution is 2.30. The van der Waals surface area contributed by atoms with Gasteiger partial charge in [-0.1, -0.05) is 0 Å². The average molecular weight is 469 g/mol. The molecule has 11 heteroatoms. The first-order valence-electron chi connectivity index (χ1n) is 9.92.